The Morgan fingerprint density at radius 2 is 1.86 bits per heavy atom. The number of anilines is 1. The predicted molar refractivity (Wildman–Crippen MR) is 175 cm³/mol. The third-order valence-corrected chi connectivity index (χ3v) is 10.1. The van der Waals surface area contributed by atoms with Crippen LogP contribution in [0.2, 0.25) is 0 Å². The van der Waals surface area contributed by atoms with Crippen molar-refractivity contribution in [3.8, 4) is 5.75 Å². The van der Waals surface area contributed by atoms with Gasteiger partial charge in [-0.1, -0.05) is 73.9 Å². The average molecular weight is 596 g/mol. The number of hydrogen-bond acceptors (Lipinski definition) is 5. The molecular weight excluding hydrogens is 554 g/mol. The van der Waals surface area contributed by atoms with Crippen LogP contribution in [-0.4, -0.2) is 37.6 Å². The Morgan fingerprint density at radius 1 is 1.02 bits per heavy atom. The Labute approximate surface area is 258 Å². The molecule has 1 fully saturated rings. The number of allylic oxidation sites excluding steroid dienone is 3. The molecule has 1 aromatic heterocycles. The summed E-state index contributed by atoms with van der Waals surface area (Å²) < 4.78 is 6.51. The Kier molecular flexibility index (Phi) is 9.10. The molecule has 224 valence electrons. The van der Waals surface area contributed by atoms with Gasteiger partial charge in [-0.3, -0.25) is 9.59 Å². The van der Waals surface area contributed by atoms with E-state index in [0.717, 1.165) is 36.1 Å². The first-order valence-corrected chi connectivity index (χ1v) is 16.6. The molecule has 1 saturated carbocycles. The zero-order valence-electron chi connectivity index (χ0n) is 24.7. The number of nitrogens with one attached hydrogen (secondary N) is 1. The fourth-order valence-corrected chi connectivity index (χ4v) is 7.83. The van der Waals surface area contributed by atoms with E-state index >= 15 is 0 Å². The molecule has 3 aliphatic rings. The molecule has 7 heteroatoms. The maximum Gasteiger partial charge on any atom is 0.258 e. The Bertz CT molecular complexity index is 1500. The van der Waals surface area contributed by atoms with Gasteiger partial charge in [0.15, 0.2) is 0 Å². The smallest absolute Gasteiger partial charge is 0.258 e. The van der Waals surface area contributed by atoms with Crippen molar-refractivity contribution in [1.82, 2.24) is 5.32 Å². The van der Waals surface area contributed by atoms with Crippen LogP contribution in [0, 0.1) is 0 Å². The highest BCUT2D eigenvalue weighted by Gasteiger charge is 2.45. The van der Waals surface area contributed by atoms with E-state index in [1.54, 1.807) is 11.3 Å². The number of ether oxygens (including phenoxy) is 1. The van der Waals surface area contributed by atoms with Crippen molar-refractivity contribution in [3.05, 3.63) is 99.8 Å². The maximum atomic E-state index is 14.0. The highest BCUT2D eigenvalue weighted by Crippen LogP contribution is 2.47. The van der Waals surface area contributed by atoms with Crippen LogP contribution in [0.5, 0.6) is 5.75 Å². The molecule has 1 aliphatic heterocycles. The van der Waals surface area contributed by atoms with Crippen molar-refractivity contribution >= 4 is 34.4 Å². The third kappa shape index (κ3) is 6.06. The van der Waals surface area contributed by atoms with E-state index in [-0.39, 0.29) is 5.91 Å². The largest absolute Gasteiger partial charge is 0.492 e. The molecule has 2 heterocycles. The first-order valence-electron chi connectivity index (χ1n) is 15.7. The topological polar surface area (TPSA) is 84.7 Å². The number of carbonyl (C=O) groups excluding carboxylic acids is 2. The van der Waals surface area contributed by atoms with Gasteiger partial charge in [0.1, 0.15) is 17.8 Å². The van der Waals surface area contributed by atoms with Crippen molar-refractivity contribution in [1.29, 1.82) is 0 Å². The Hall–Kier alpha value is -3.68. The van der Waals surface area contributed by atoms with E-state index in [9.17, 15) is 9.59 Å². The molecule has 1 atom stereocenters. The van der Waals surface area contributed by atoms with E-state index < -0.39 is 11.3 Å². The van der Waals surface area contributed by atoms with E-state index in [0.29, 0.717) is 49.0 Å². The second-order valence-corrected chi connectivity index (χ2v) is 12.8. The zero-order chi connectivity index (χ0) is 29.6. The summed E-state index contributed by atoms with van der Waals surface area (Å²) in [5.41, 5.74) is 9.20. The molecule has 0 bridgehead atoms. The summed E-state index contributed by atoms with van der Waals surface area (Å²) in [5.74, 6) is 0.0491. The van der Waals surface area contributed by atoms with Crippen molar-refractivity contribution in [3.63, 3.8) is 0 Å². The molecule has 6 nitrogen and oxygen atoms in total. The lowest BCUT2D eigenvalue weighted by atomic mass is 9.66. The molecule has 2 aliphatic carbocycles. The number of primary amides is 1. The minimum absolute atomic E-state index is 0.0474. The summed E-state index contributed by atoms with van der Waals surface area (Å²) in [6.45, 7) is 1.80. The van der Waals surface area contributed by atoms with Crippen molar-refractivity contribution < 1.29 is 14.3 Å². The molecule has 0 saturated heterocycles. The number of thiophene rings is 1. The summed E-state index contributed by atoms with van der Waals surface area (Å²) >= 11 is 1.72. The Morgan fingerprint density at radius 3 is 2.67 bits per heavy atom. The molecule has 3 aromatic rings. The van der Waals surface area contributed by atoms with Gasteiger partial charge in [0.2, 0.25) is 5.91 Å². The van der Waals surface area contributed by atoms with Crippen LogP contribution in [-0.2, 0) is 16.6 Å². The van der Waals surface area contributed by atoms with Crippen LogP contribution >= 0.6 is 11.3 Å². The van der Waals surface area contributed by atoms with Crippen LogP contribution in [0.25, 0.3) is 5.57 Å². The van der Waals surface area contributed by atoms with Gasteiger partial charge < -0.3 is 20.7 Å². The highest BCUT2D eigenvalue weighted by molar-refractivity contribution is 7.10. The zero-order valence-corrected chi connectivity index (χ0v) is 25.5. The lowest BCUT2D eigenvalue weighted by molar-refractivity contribution is -0.121. The minimum Gasteiger partial charge on any atom is -0.492 e. The second-order valence-electron chi connectivity index (χ2n) is 11.8. The molecular formula is C36H41N3O3S. The standard InChI is InChI=1S/C36H41N3O3S/c37-35(41)36(20-9-7-15-29(36)26-11-3-1-4-12-26)30-18-17-27(25-32(30)42-23-21-38-28-13-5-2-6-14-28)34(40)39-22-10-8-16-33-31(39)19-24-43-33/h1,3-4,7,9,11-12,15,17-19,24-25,28,38H,2,5-6,8,10,13-14,16,20-23H2,(H2,37,41). The van der Waals surface area contributed by atoms with Crippen LogP contribution in [0.1, 0.15) is 77.7 Å². The van der Waals surface area contributed by atoms with Gasteiger partial charge in [-0.25, -0.2) is 0 Å². The number of rotatable bonds is 9. The molecule has 2 aromatic carbocycles. The number of nitrogens with two attached hydrogens (primary N) is 1. The molecule has 3 N–H and O–H groups in total. The number of carbonyl (C=O) groups is 2. The maximum absolute atomic E-state index is 14.0. The Balaban J connectivity index is 1.37. The number of aryl methyl sites for hydroxylation is 1. The van der Waals surface area contributed by atoms with Gasteiger partial charge in [-0.2, -0.15) is 0 Å². The van der Waals surface area contributed by atoms with Crippen LogP contribution < -0.4 is 20.7 Å². The van der Waals surface area contributed by atoms with Crippen molar-refractivity contribution in [2.75, 3.05) is 24.6 Å². The minimum atomic E-state index is -1.13. The van der Waals surface area contributed by atoms with Crippen LogP contribution in [0.4, 0.5) is 5.69 Å². The van der Waals surface area contributed by atoms with Gasteiger partial charge in [0.25, 0.3) is 5.91 Å². The molecule has 1 unspecified atom stereocenters. The second kappa shape index (κ2) is 13.3. The molecule has 2 amide bonds. The molecule has 43 heavy (non-hydrogen) atoms. The first-order chi connectivity index (χ1) is 21.1. The van der Waals surface area contributed by atoms with Gasteiger partial charge in [-0.15, -0.1) is 11.3 Å². The lowest BCUT2D eigenvalue weighted by Gasteiger charge is -2.36. The number of amides is 2. The summed E-state index contributed by atoms with van der Waals surface area (Å²) in [6.07, 6.45) is 15.6. The molecule has 0 spiro atoms. The number of benzene rings is 2. The van der Waals surface area contributed by atoms with Gasteiger partial charge >= 0.3 is 0 Å². The lowest BCUT2D eigenvalue weighted by Crippen LogP contribution is -2.43. The summed E-state index contributed by atoms with van der Waals surface area (Å²) in [4.78, 5) is 30.8. The fraction of sp³-hybridized carbons (Fsp3) is 0.389. The van der Waals surface area contributed by atoms with Gasteiger partial charge in [-0.05, 0) is 73.2 Å². The van der Waals surface area contributed by atoms with Gasteiger partial charge in [0.05, 0.1) is 5.69 Å². The average Bonchev–Trinajstić information content (AvgIpc) is 3.42. The number of fused-ring (bicyclic) bond motifs is 1. The summed E-state index contributed by atoms with van der Waals surface area (Å²) in [6, 6.07) is 18.1. The molecule has 6 rings (SSSR count). The summed E-state index contributed by atoms with van der Waals surface area (Å²) in [5, 5.41) is 5.72. The highest BCUT2D eigenvalue weighted by atomic mass is 32.1. The summed E-state index contributed by atoms with van der Waals surface area (Å²) in [7, 11) is 0. The van der Waals surface area contributed by atoms with Crippen molar-refractivity contribution in [2.24, 2.45) is 5.73 Å². The normalized spacial score (nSPS) is 20.7. The third-order valence-electron chi connectivity index (χ3n) is 9.17. The van der Waals surface area contributed by atoms with E-state index in [4.69, 9.17) is 10.5 Å². The van der Waals surface area contributed by atoms with Crippen molar-refractivity contribution in [2.45, 2.75) is 69.2 Å². The van der Waals surface area contributed by atoms with Gasteiger partial charge in [0, 0.05) is 35.1 Å². The molecule has 0 radical (unpaired) electrons. The number of hydrogen-bond donors (Lipinski definition) is 2. The first kappa shape index (κ1) is 29.4. The fourth-order valence-electron chi connectivity index (χ4n) is 6.90. The SMILES string of the molecule is NC(=O)C1(c2ccc(C(=O)N3CCCCc4sccc43)cc2OCCNC2CCCCC2)CC=CC=C1c1ccccc1. The van der Waals surface area contributed by atoms with E-state index in [2.05, 4.69) is 16.8 Å². The quantitative estimate of drug-likeness (QED) is 0.267. The van der Waals surface area contributed by atoms with E-state index in [1.165, 1.54) is 37.0 Å². The number of nitrogens with zero attached hydrogens (tertiary/aromatic N) is 1. The van der Waals surface area contributed by atoms with Crippen LogP contribution in [0.15, 0.2) is 78.2 Å². The predicted octanol–water partition coefficient (Wildman–Crippen LogP) is 6.80. The monoisotopic (exact) mass is 595 g/mol. The van der Waals surface area contributed by atoms with Crippen LogP contribution in [0.3, 0.4) is 0 Å². The van der Waals surface area contributed by atoms with E-state index in [1.807, 2.05) is 71.7 Å².